The number of carboxylic acids is 2. The molecule has 2 aromatic rings. The zero-order valence-electron chi connectivity index (χ0n) is 20.4. The van der Waals surface area contributed by atoms with Gasteiger partial charge in [0.15, 0.2) is 0 Å². The highest BCUT2D eigenvalue weighted by Gasteiger charge is 2.40. The molecule has 4 heterocycles. The Morgan fingerprint density at radius 1 is 1.08 bits per heavy atom. The normalized spacial score (nSPS) is 19.5. The molecule has 2 aromatic heterocycles. The molecule has 39 heavy (non-hydrogen) atoms. The molecule has 0 spiro atoms. The zero-order valence-corrected chi connectivity index (χ0v) is 21.2. The first-order valence-electron chi connectivity index (χ1n) is 11.3. The molecular weight excluding hydrogens is 560 g/mol. The quantitative estimate of drug-likeness (QED) is 0.522. The van der Waals surface area contributed by atoms with Crippen molar-refractivity contribution in [3.63, 3.8) is 0 Å². The molecule has 0 radical (unpaired) electrons. The summed E-state index contributed by atoms with van der Waals surface area (Å²) in [6.07, 6.45) is -5.32. The predicted octanol–water partition coefficient (Wildman–Crippen LogP) is 3.83. The van der Waals surface area contributed by atoms with Gasteiger partial charge in [0.25, 0.3) is 5.91 Å². The molecule has 0 bridgehead atoms. The van der Waals surface area contributed by atoms with Gasteiger partial charge >= 0.3 is 24.3 Å². The van der Waals surface area contributed by atoms with E-state index >= 15 is 0 Å². The molecule has 2 atom stereocenters. The van der Waals surface area contributed by atoms with Gasteiger partial charge in [0.2, 0.25) is 0 Å². The summed E-state index contributed by atoms with van der Waals surface area (Å²) in [6, 6.07) is 6.28. The molecule has 2 N–H and O–H groups in total. The van der Waals surface area contributed by atoms with Crippen LogP contribution in [0.15, 0.2) is 36.0 Å². The van der Waals surface area contributed by atoms with E-state index in [-0.39, 0.29) is 18.1 Å². The lowest BCUT2D eigenvalue weighted by atomic mass is 9.97. The molecular formula is C23H25F6N3O6S. The van der Waals surface area contributed by atoms with Gasteiger partial charge < -0.3 is 19.8 Å². The summed E-state index contributed by atoms with van der Waals surface area (Å²) in [5, 5.41) is 16.2. The van der Waals surface area contributed by atoms with Crippen molar-refractivity contribution in [2.45, 2.75) is 44.4 Å². The van der Waals surface area contributed by atoms with Crippen molar-refractivity contribution >= 4 is 29.2 Å². The summed E-state index contributed by atoms with van der Waals surface area (Å²) < 4.78 is 69.5. The molecule has 2 saturated heterocycles. The number of carbonyl (C=O) groups excluding carboxylic acids is 1. The Morgan fingerprint density at radius 2 is 1.69 bits per heavy atom. The van der Waals surface area contributed by atoms with E-state index in [9.17, 15) is 31.1 Å². The number of fused-ring (bicyclic) bond motifs is 1. The number of piperidine rings is 1. The minimum atomic E-state index is -5.08. The standard InChI is InChI=1S/C19H23N3O2S.2C2HF3O2/c1-14-16(5-10-25-14)19(23)22-7-4-18-17(13-22)21(8-9-24-18)12-15-3-2-6-20-11-15;2*3-2(4,5)1(6)7/h2-3,5-6,10-11,17-18H,4,7-9,12-13H2,1H3;2*(H,6,7)/t17-,18-;;/m0../s1. The number of carboxylic acid groups (broad SMARTS) is 2. The van der Waals surface area contributed by atoms with E-state index in [0.29, 0.717) is 0 Å². The summed E-state index contributed by atoms with van der Waals surface area (Å²) in [5.41, 5.74) is 2.05. The second kappa shape index (κ2) is 13.7. The molecule has 0 aliphatic carbocycles. The topological polar surface area (TPSA) is 120 Å². The van der Waals surface area contributed by atoms with Gasteiger partial charge in [-0.3, -0.25) is 14.7 Å². The van der Waals surface area contributed by atoms with E-state index in [1.807, 2.05) is 35.5 Å². The van der Waals surface area contributed by atoms with Crippen molar-refractivity contribution in [3.8, 4) is 0 Å². The predicted molar refractivity (Wildman–Crippen MR) is 125 cm³/mol. The molecule has 2 fully saturated rings. The first kappa shape index (κ1) is 32.0. The summed E-state index contributed by atoms with van der Waals surface area (Å²) >= 11 is 1.63. The van der Waals surface area contributed by atoms with Crippen molar-refractivity contribution in [2.75, 3.05) is 26.2 Å². The number of rotatable bonds is 3. The fourth-order valence-electron chi connectivity index (χ4n) is 3.83. The number of likely N-dealkylation sites (tertiary alicyclic amines) is 1. The maximum atomic E-state index is 12.9. The van der Waals surface area contributed by atoms with Crippen LogP contribution >= 0.6 is 11.3 Å². The third-order valence-electron chi connectivity index (χ3n) is 5.67. The van der Waals surface area contributed by atoms with Crippen molar-refractivity contribution in [3.05, 3.63) is 52.0 Å². The van der Waals surface area contributed by atoms with Crippen LogP contribution in [-0.2, 0) is 20.9 Å². The Hall–Kier alpha value is -3.24. The fourth-order valence-corrected chi connectivity index (χ4v) is 4.52. The van der Waals surface area contributed by atoms with Crippen molar-refractivity contribution in [1.82, 2.24) is 14.8 Å². The van der Waals surface area contributed by atoms with Gasteiger partial charge in [0.1, 0.15) is 0 Å². The Bertz CT molecular complexity index is 1090. The minimum Gasteiger partial charge on any atom is -0.475 e. The van der Waals surface area contributed by atoms with Crippen LogP contribution in [0.2, 0.25) is 0 Å². The van der Waals surface area contributed by atoms with Gasteiger partial charge in [-0.1, -0.05) is 6.07 Å². The molecule has 16 heteroatoms. The highest BCUT2D eigenvalue weighted by molar-refractivity contribution is 7.10. The Morgan fingerprint density at radius 3 is 2.18 bits per heavy atom. The van der Waals surface area contributed by atoms with Crippen LogP contribution in [0.1, 0.15) is 27.2 Å². The number of morpholine rings is 1. The lowest BCUT2D eigenvalue weighted by Crippen LogP contribution is -2.60. The molecule has 2 aliphatic rings. The number of pyridine rings is 1. The maximum absolute atomic E-state index is 12.9. The molecule has 0 aromatic carbocycles. The van der Waals surface area contributed by atoms with E-state index in [1.54, 1.807) is 17.5 Å². The van der Waals surface area contributed by atoms with E-state index in [1.165, 1.54) is 5.56 Å². The smallest absolute Gasteiger partial charge is 0.475 e. The number of amides is 1. The average molecular weight is 586 g/mol. The van der Waals surface area contributed by atoms with Crippen LogP contribution < -0.4 is 0 Å². The fraction of sp³-hybridized carbons (Fsp3) is 0.478. The van der Waals surface area contributed by atoms with Gasteiger partial charge in [0.05, 0.1) is 24.3 Å². The number of aromatic nitrogens is 1. The first-order chi connectivity index (χ1) is 18.1. The number of nitrogens with zero attached hydrogens (tertiary/aromatic N) is 3. The second-order valence-electron chi connectivity index (χ2n) is 8.34. The lowest BCUT2D eigenvalue weighted by Gasteiger charge is -2.47. The third kappa shape index (κ3) is 9.78. The first-order valence-corrected chi connectivity index (χ1v) is 12.2. The summed E-state index contributed by atoms with van der Waals surface area (Å²) in [4.78, 5) is 40.4. The minimum absolute atomic E-state index is 0.157. The van der Waals surface area contributed by atoms with Gasteiger partial charge in [-0.05, 0) is 36.4 Å². The molecule has 0 unspecified atom stereocenters. The van der Waals surface area contributed by atoms with Gasteiger partial charge in [-0.15, -0.1) is 11.3 Å². The molecule has 216 valence electrons. The number of ether oxygens (including phenoxy) is 1. The molecule has 1 amide bonds. The monoisotopic (exact) mass is 585 g/mol. The van der Waals surface area contributed by atoms with Gasteiger partial charge in [-0.25, -0.2) is 9.59 Å². The van der Waals surface area contributed by atoms with Crippen LogP contribution in [-0.4, -0.2) is 93.6 Å². The van der Waals surface area contributed by atoms with Gasteiger partial charge in [-0.2, -0.15) is 26.3 Å². The average Bonchev–Trinajstić information content (AvgIpc) is 3.29. The zero-order chi connectivity index (χ0) is 29.4. The SMILES string of the molecule is Cc1sccc1C(=O)N1CC[C@@H]2OCCN(Cc3cccnc3)[C@H]2C1.O=C(O)C(F)(F)F.O=C(O)C(F)(F)F. The number of aliphatic carboxylic acids is 2. The van der Waals surface area contributed by atoms with E-state index < -0.39 is 24.3 Å². The van der Waals surface area contributed by atoms with E-state index in [0.717, 1.165) is 49.6 Å². The molecule has 0 saturated carbocycles. The van der Waals surface area contributed by atoms with Crippen molar-refractivity contribution in [1.29, 1.82) is 0 Å². The van der Waals surface area contributed by atoms with Gasteiger partial charge in [0, 0.05) is 43.4 Å². The van der Waals surface area contributed by atoms with Crippen molar-refractivity contribution in [2.24, 2.45) is 0 Å². The number of carbonyl (C=O) groups is 3. The molecule has 9 nitrogen and oxygen atoms in total. The van der Waals surface area contributed by atoms with Crippen LogP contribution in [0, 0.1) is 6.92 Å². The Kier molecular flexibility index (Phi) is 11.2. The second-order valence-corrected chi connectivity index (χ2v) is 9.46. The number of halogens is 6. The summed E-state index contributed by atoms with van der Waals surface area (Å²) in [7, 11) is 0. The number of thiophene rings is 1. The third-order valence-corrected chi connectivity index (χ3v) is 6.52. The highest BCUT2D eigenvalue weighted by atomic mass is 32.1. The summed E-state index contributed by atoms with van der Waals surface area (Å²) in [5.74, 6) is -5.36. The van der Waals surface area contributed by atoms with Crippen LogP contribution in [0.25, 0.3) is 0 Å². The number of hydrogen-bond acceptors (Lipinski definition) is 7. The largest absolute Gasteiger partial charge is 0.490 e. The van der Waals surface area contributed by atoms with E-state index in [4.69, 9.17) is 24.5 Å². The van der Waals surface area contributed by atoms with Crippen LogP contribution in [0.4, 0.5) is 26.3 Å². The molecule has 2 aliphatic heterocycles. The number of aryl methyl sites for hydroxylation is 1. The highest BCUT2D eigenvalue weighted by Crippen LogP contribution is 2.27. The Labute approximate surface area is 222 Å². The number of hydrogen-bond donors (Lipinski definition) is 2. The maximum Gasteiger partial charge on any atom is 0.490 e. The molecule has 4 rings (SSSR count). The van der Waals surface area contributed by atoms with Crippen molar-refractivity contribution < 1.29 is 55.7 Å². The van der Waals surface area contributed by atoms with Crippen LogP contribution in [0.3, 0.4) is 0 Å². The lowest BCUT2D eigenvalue weighted by molar-refractivity contribution is -0.193. The van der Waals surface area contributed by atoms with Crippen LogP contribution in [0.5, 0.6) is 0 Å². The Balaban J connectivity index is 0.000000317. The number of alkyl halides is 6. The van der Waals surface area contributed by atoms with E-state index in [2.05, 4.69) is 16.0 Å². The summed E-state index contributed by atoms with van der Waals surface area (Å²) in [6.45, 7) is 6.05.